The van der Waals surface area contributed by atoms with E-state index in [1.165, 1.54) is 5.39 Å². The lowest BCUT2D eigenvalue weighted by molar-refractivity contribution is 0.269. The third-order valence-electron chi connectivity index (χ3n) is 3.04. The maximum atomic E-state index is 5.95. The summed E-state index contributed by atoms with van der Waals surface area (Å²) in [7, 11) is 0. The van der Waals surface area contributed by atoms with Crippen molar-refractivity contribution in [3.05, 3.63) is 35.9 Å². The average molecular weight is 258 g/mol. The molecule has 2 rings (SSSR count). The predicted molar refractivity (Wildman–Crippen MR) is 80.3 cm³/mol. The van der Waals surface area contributed by atoms with Crippen molar-refractivity contribution in [2.24, 2.45) is 0 Å². The van der Waals surface area contributed by atoms with E-state index in [-0.39, 0.29) is 0 Å². The molecule has 2 heteroatoms. The smallest absolute Gasteiger partial charge is 0.169 e. The molecule has 0 aliphatic carbocycles. The number of aryl methyl sites for hydroxylation is 1. The van der Waals surface area contributed by atoms with Gasteiger partial charge in [0, 0.05) is 5.39 Å². The summed E-state index contributed by atoms with van der Waals surface area (Å²) in [4.78, 5) is 0. The van der Waals surface area contributed by atoms with Gasteiger partial charge in [-0.25, -0.2) is 0 Å². The van der Waals surface area contributed by atoms with Gasteiger partial charge >= 0.3 is 0 Å². The minimum Gasteiger partial charge on any atom is -0.489 e. The lowest BCUT2D eigenvalue weighted by Gasteiger charge is -2.17. The summed E-state index contributed by atoms with van der Waals surface area (Å²) >= 11 is 0. The summed E-state index contributed by atoms with van der Waals surface area (Å²) in [5.74, 6) is 1.79. The van der Waals surface area contributed by atoms with E-state index in [1.54, 1.807) is 0 Å². The summed E-state index contributed by atoms with van der Waals surface area (Å²) in [6.07, 6.45) is 2.00. The number of rotatable bonds is 6. The number of hydrogen-bond acceptors (Lipinski definition) is 2. The fourth-order valence-corrected chi connectivity index (χ4v) is 2.16. The molecular weight excluding hydrogens is 236 g/mol. The minimum absolute atomic E-state index is 0.718. The first-order valence-electron chi connectivity index (χ1n) is 7.05. The molecule has 0 amide bonds. The molecule has 0 bridgehead atoms. The Labute approximate surface area is 115 Å². The van der Waals surface area contributed by atoms with Crippen LogP contribution >= 0.6 is 0 Å². The largest absolute Gasteiger partial charge is 0.489 e. The van der Waals surface area contributed by atoms with Crippen molar-refractivity contribution in [3.8, 4) is 11.5 Å². The molecule has 0 N–H and O–H groups in total. The van der Waals surface area contributed by atoms with Gasteiger partial charge in [-0.3, -0.25) is 0 Å². The molecular formula is C17H22O2. The van der Waals surface area contributed by atoms with Crippen molar-refractivity contribution in [3.63, 3.8) is 0 Å². The van der Waals surface area contributed by atoms with Gasteiger partial charge in [0.15, 0.2) is 11.5 Å². The van der Waals surface area contributed by atoms with E-state index in [4.69, 9.17) is 9.47 Å². The van der Waals surface area contributed by atoms with E-state index in [0.29, 0.717) is 0 Å². The van der Waals surface area contributed by atoms with Crippen LogP contribution in [0.5, 0.6) is 11.5 Å². The lowest BCUT2D eigenvalue weighted by Crippen LogP contribution is -2.03. The van der Waals surface area contributed by atoms with Gasteiger partial charge < -0.3 is 9.47 Å². The van der Waals surface area contributed by atoms with Crippen molar-refractivity contribution in [1.29, 1.82) is 0 Å². The van der Waals surface area contributed by atoms with Gasteiger partial charge in [-0.05, 0) is 36.8 Å². The Morgan fingerprint density at radius 1 is 0.895 bits per heavy atom. The molecule has 102 valence electrons. The third kappa shape index (κ3) is 3.01. The molecule has 19 heavy (non-hydrogen) atoms. The van der Waals surface area contributed by atoms with Crippen LogP contribution in [0.2, 0.25) is 0 Å². The minimum atomic E-state index is 0.718. The van der Waals surface area contributed by atoms with Crippen LogP contribution in [0.3, 0.4) is 0 Å². The summed E-state index contributed by atoms with van der Waals surface area (Å²) in [5.41, 5.74) is 1.14. The SMILES string of the molecule is CCCOc1c(C)cc2ccccc2c1OCCC. The molecule has 2 aromatic rings. The zero-order chi connectivity index (χ0) is 13.7. The summed E-state index contributed by atoms with van der Waals surface area (Å²) in [6, 6.07) is 10.5. The zero-order valence-corrected chi connectivity index (χ0v) is 12.0. The quantitative estimate of drug-likeness (QED) is 0.746. The van der Waals surface area contributed by atoms with Crippen molar-refractivity contribution < 1.29 is 9.47 Å². The van der Waals surface area contributed by atoms with Crippen molar-refractivity contribution in [1.82, 2.24) is 0 Å². The molecule has 0 aromatic heterocycles. The molecule has 2 aromatic carbocycles. The standard InChI is InChI=1S/C17H22O2/c1-4-10-18-16-13(3)12-14-8-6-7-9-15(14)17(16)19-11-5-2/h6-9,12H,4-5,10-11H2,1-3H3. The van der Waals surface area contributed by atoms with Crippen LogP contribution in [0.1, 0.15) is 32.3 Å². The Bertz CT molecular complexity index is 546. The summed E-state index contributed by atoms with van der Waals surface area (Å²) < 4.78 is 11.8. The molecule has 0 aliphatic rings. The number of fused-ring (bicyclic) bond motifs is 1. The normalized spacial score (nSPS) is 10.7. The first-order valence-corrected chi connectivity index (χ1v) is 7.05. The van der Waals surface area contributed by atoms with Crippen LogP contribution in [0.15, 0.2) is 30.3 Å². The Hall–Kier alpha value is -1.70. The van der Waals surface area contributed by atoms with E-state index in [9.17, 15) is 0 Å². The Balaban J connectivity index is 2.52. The highest BCUT2D eigenvalue weighted by Crippen LogP contribution is 2.39. The van der Waals surface area contributed by atoms with Gasteiger partial charge in [0.2, 0.25) is 0 Å². The van der Waals surface area contributed by atoms with Crippen LogP contribution in [-0.2, 0) is 0 Å². The van der Waals surface area contributed by atoms with Gasteiger partial charge in [-0.1, -0.05) is 38.1 Å². The lowest BCUT2D eigenvalue weighted by atomic mass is 10.1. The Morgan fingerprint density at radius 2 is 1.53 bits per heavy atom. The van der Waals surface area contributed by atoms with E-state index < -0.39 is 0 Å². The van der Waals surface area contributed by atoms with Crippen molar-refractivity contribution >= 4 is 10.8 Å². The Kier molecular flexibility index (Phi) is 4.67. The molecule has 0 heterocycles. The molecule has 0 fully saturated rings. The van der Waals surface area contributed by atoms with Gasteiger partial charge in [-0.15, -0.1) is 0 Å². The molecule has 0 saturated carbocycles. The van der Waals surface area contributed by atoms with E-state index in [1.807, 2.05) is 6.07 Å². The average Bonchev–Trinajstić information content (AvgIpc) is 2.43. The molecule has 0 unspecified atom stereocenters. The maximum absolute atomic E-state index is 5.95. The first-order chi connectivity index (χ1) is 9.27. The number of benzene rings is 2. The molecule has 0 aliphatic heterocycles. The first kappa shape index (κ1) is 13.7. The molecule has 0 atom stereocenters. The van der Waals surface area contributed by atoms with Crippen LogP contribution in [0.4, 0.5) is 0 Å². The zero-order valence-electron chi connectivity index (χ0n) is 12.0. The summed E-state index contributed by atoms with van der Waals surface area (Å²) in [5, 5.41) is 2.34. The fourth-order valence-electron chi connectivity index (χ4n) is 2.16. The number of ether oxygens (including phenoxy) is 2. The van der Waals surface area contributed by atoms with Gasteiger partial charge in [0.1, 0.15) is 0 Å². The second-order valence-electron chi connectivity index (χ2n) is 4.77. The monoisotopic (exact) mass is 258 g/mol. The Morgan fingerprint density at radius 3 is 2.21 bits per heavy atom. The van der Waals surface area contributed by atoms with E-state index in [0.717, 1.165) is 48.5 Å². The van der Waals surface area contributed by atoms with Crippen molar-refractivity contribution in [2.45, 2.75) is 33.6 Å². The molecule has 0 saturated heterocycles. The highest BCUT2D eigenvalue weighted by atomic mass is 16.5. The highest BCUT2D eigenvalue weighted by Gasteiger charge is 2.13. The molecule has 0 spiro atoms. The molecule has 0 radical (unpaired) electrons. The van der Waals surface area contributed by atoms with Crippen LogP contribution in [0.25, 0.3) is 10.8 Å². The van der Waals surface area contributed by atoms with Gasteiger partial charge in [0.25, 0.3) is 0 Å². The molecule has 2 nitrogen and oxygen atoms in total. The second-order valence-corrected chi connectivity index (χ2v) is 4.77. The van der Waals surface area contributed by atoms with Gasteiger partial charge in [-0.2, -0.15) is 0 Å². The highest BCUT2D eigenvalue weighted by molar-refractivity contribution is 5.91. The predicted octanol–water partition coefficient (Wildman–Crippen LogP) is 4.73. The van der Waals surface area contributed by atoms with Crippen LogP contribution < -0.4 is 9.47 Å². The van der Waals surface area contributed by atoms with Gasteiger partial charge in [0.05, 0.1) is 13.2 Å². The van der Waals surface area contributed by atoms with E-state index >= 15 is 0 Å². The van der Waals surface area contributed by atoms with Crippen molar-refractivity contribution in [2.75, 3.05) is 13.2 Å². The van der Waals surface area contributed by atoms with Crippen LogP contribution in [-0.4, -0.2) is 13.2 Å². The third-order valence-corrected chi connectivity index (χ3v) is 3.04. The van der Waals surface area contributed by atoms with E-state index in [2.05, 4.69) is 45.0 Å². The van der Waals surface area contributed by atoms with Crippen LogP contribution in [0, 0.1) is 6.92 Å². The fraction of sp³-hybridized carbons (Fsp3) is 0.412. The maximum Gasteiger partial charge on any atom is 0.169 e. The summed E-state index contributed by atoms with van der Waals surface area (Å²) in [6.45, 7) is 7.75. The number of hydrogen-bond donors (Lipinski definition) is 0. The second kappa shape index (κ2) is 6.46. The topological polar surface area (TPSA) is 18.5 Å².